The molecule has 0 atom stereocenters. The van der Waals surface area contributed by atoms with Crippen LogP contribution in [0.4, 0.5) is 0 Å². The second kappa shape index (κ2) is 13.2. The van der Waals surface area contributed by atoms with Crippen LogP contribution in [-0.4, -0.2) is 41.8 Å². The van der Waals surface area contributed by atoms with Crippen molar-refractivity contribution in [3.63, 3.8) is 0 Å². The molecule has 0 amide bonds. The average molecular weight is 450 g/mol. The first-order valence-electron chi connectivity index (χ1n) is 11.7. The Labute approximate surface area is 196 Å². The van der Waals surface area contributed by atoms with Gasteiger partial charge in [0.25, 0.3) is 0 Å². The van der Waals surface area contributed by atoms with E-state index in [9.17, 15) is 0 Å². The fourth-order valence-corrected chi connectivity index (χ4v) is 3.51. The van der Waals surface area contributed by atoms with Gasteiger partial charge in [0.1, 0.15) is 0 Å². The molecule has 0 saturated carbocycles. The summed E-state index contributed by atoms with van der Waals surface area (Å²) < 4.78 is 13.5. The van der Waals surface area contributed by atoms with Gasteiger partial charge in [0, 0.05) is 32.0 Å². The summed E-state index contributed by atoms with van der Waals surface area (Å²) in [5.74, 6) is 2.41. The van der Waals surface area contributed by atoms with E-state index in [1.807, 2.05) is 32.4 Å². The zero-order valence-corrected chi connectivity index (χ0v) is 19.9. The Bertz CT molecular complexity index is 1000. The zero-order chi connectivity index (χ0) is 23.3. The highest BCUT2D eigenvalue weighted by atomic mass is 16.5. The van der Waals surface area contributed by atoms with Gasteiger partial charge in [-0.1, -0.05) is 30.3 Å². The van der Waals surface area contributed by atoms with Gasteiger partial charge in [-0.2, -0.15) is 0 Å². The molecule has 0 bridgehead atoms. The van der Waals surface area contributed by atoms with E-state index in [-0.39, 0.29) is 0 Å². The van der Waals surface area contributed by atoms with Crippen LogP contribution in [0.1, 0.15) is 37.5 Å². The molecular formula is C26H35N5O2. The first-order valence-corrected chi connectivity index (χ1v) is 11.7. The summed E-state index contributed by atoms with van der Waals surface area (Å²) in [6.45, 7) is 10.3. The number of hydrogen-bond donors (Lipinski definition) is 2. The predicted molar refractivity (Wildman–Crippen MR) is 133 cm³/mol. The van der Waals surface area contributed by atoms with Gasteiger partial charge >= 0.3 is 0 Å². The molecule has 176 valence electrons. The lowest BCUT2D eigenvalue weighted by Gasteiger charge is -2.14. The van der Waals surface area contributed by atoms with Crippen LogP contribution in [0, 0.1) is 0 Å². The van der Waals surface area contributed by atoms with Crippen LogP contribution in [0.3, 0.4) is 0 Å². The molecule has 0 aliphatic rings. The standard InChI is InChI=1S/C26H35N5O2/c1-4-28-26(29-13-12-21-10-11-24(32-5-2)25(17-21)33-6-3)30-18-22-8-7-9-23(16-22)19-31-15-14-27-20-31/h7-11,14-17,20H,4-6,12-13,18-19H2,1-3H3,(H2,28,29,30). The highest BCUT2D eigenvalue weighted by molar-refractivity contribution is 5.79. The molecule has 0 saturated heterocycles. The van der Waals surface area contributed by atoms with Crippen molar-refractivity contribution in [3.8, 4) is 11.5 Å². The Morgan fingerprint density at radius 3 is 2.52 bits per heavy atom. The summed E-state index contributed by atoms with van der Waals surface area (Å²) in [7, 11) is 0. The molecule has 0 radical (unpaired) electrons. The normalized spacial score (nSPS) is 11.3. The van der Waals surface area contributed by atoms with E-state index in [2.05, 4.69) is 63.5 Å². The second-order valence-electron chi connectivity index (χ2n) is 7.57. The van der Waals surface area contributed by atoms with Crippen molar-refractivity contribution in [2.75, 3.05) is 26.3 Å². The quantitative estimate of drug-likeness (QED) is 0.323. The van der Waals surface area contributed by atoms with E-state index in [0.29, 0.717) is 19.8 Å². The highest BCUT2D eigenvalue weighted by Crippen LogP contribution is 2.28. The lowest BCUT2D eigenvalue weighted by Crippen LogP contribution is -2.38. The van der Waals surface area contributed by atoms with Crippen molar-refractivity contribution in [1.82, 2.24) is 20.2 Å². The number of aliphatic imine (C=N–C) groups is 1. The lowest BCUT2D eigenvalue weighted by molar-refractivity contribution is 0.287. The van der Waals surface area contributed by atoms with E-state index in [1.165, 1.54) is 16.7 Å². The molecule has 33 heavy (non-hydrogen) atoms. The SMILES string of the molecule is CCNC(=NCc1cccc(Cn2ccnc2)c1)NCCc1ccc(OCC)c(OCC)c1. The van der Waals surface area contributed by atoms with Gasteiger partial charge < -0.3 is 24.7 Å². The predicted octanol–water partition coefficient (Wildman–Crippen LogP) is 4.03. The van der Waals surface area contributed by atoms with Crippen LogP contribution in [-0.2, 0) is 19.5 Å². The summed E-state index contributed by atoms with van der Waals surface area (Å²) >= 11 is 0. The fraction of sp³-hybridized carbons (Fsp3) is 0.385. The van der Waals surface area contributed by atoms with Gasteiger partial charge in [0.2, 0.25) is 0 Å². The number of nitrogens with one attached hydrogen (secondary N) is 2. The molecular weight excluding hydrogens is 414 g/mol. The number of guanidine groups is 1. The van der Waals surface area contributed by atoms with E-state index < -0.39 is 0 Å². The van der Waals surface area contributed by atoms with Crippen molar-refractivity contribution < 1.29 is 9.47 Å². The van der Waals surface area contributed by atoms with Crippen molar-refractivity contribution in [1.29, 1.82) is 0 Å². The Morgan fingerprint density at radius 2 is 1.76 bits per heavy atom. The third-order valence-electron chi connectivity index (χ3n) is 4.99. The number of benzene rings is 2. The van der Waals surface area contributed by atoms with E-state index in [1.54, 1.807) is 6.20 Å². The summed E-state index contributed by atoms with van der Waals surface area (Å²) in [4.78, 5) is 8.88. The minimum Gasteiger partial charge on any atom is -0.490 e. The van der Waals surface area contributed by atoms with Crippen molar-refractivity contribution in [2.45, 2.75) is 40.3 Å². The monoisotopic (exact) mass is 449 g/mol. The van der Waals surface area contributed by atoms with Crippen LogP contribution >= 0.6 is 0 Å². The van der Waals surface area contributed by atoms with Gasteiger partial charge in [0.05, 0.1) is 26.1 Å². The van der Waals surface area contributed by atoms with Crippen LogP contribution in [0.25, 0.3) is 0 Å². The number of rotatable bonds is 12. The molecule has 2 N–H and O–H groups in total. The number of aromatic nitrogens is 2. The Balaban J connectivity index is 1.57. The summed E-state index contributed by atoms with van der Waals surface area (Å²) in [6.07, 6.45) is 6.46. The van der Waals surface area contributed by atoms with E-state index >= 15 is 0 Å². The molecule has 0 aliphatic carbocycles. The molecule has 7 nitrogen and oxygen atoms in total. The summed E-state index contributed by atoms with van der Waals surface area (Å²) in [5.41, 5.74) is 3.61. The largest absolute Gasteiger partial charge is 0.490 e. The molecule has 1 aromatic heterocycles. The molecule has 2 aromatic carbocycles. The fourth-order valence-electron chi connectivity index (χ4n) is 3.51. The third kappa shape index (κ3) is 7.86. The third-order valence-corrected chi connectivity index (χ3v) is 4.99. The molecule has 1 heterocycles. The minimum absolute atomic E-state index is 0.614. The van der Waals surface area contributed by atoms with Crippen LogP contribution in [0.5, 0.6) is 11.5 Å². The van der Waals surface area contributed by atoms with Crippen molar-refractivity contribution >= 4 is 5.96 Å². The van der Waals surface area contributed by atoms with Crippen LogP contribution < -0.4 is 20.1 Å². The first kappa shape index (κ1) is 24.2. The topological polar surface area (TPSA) is 72.7 Å². The summed E-state index contributed by atoms with van der Waals surface area (Å²) in [5, 5.41) is 6.77. The van der Waals surface area contributed by atoms with Crippen LogP contribution in [0.15, 0.2) is 66.2 Å². The highest BCUT2D eigenvalue weighted by Gasteiger charge is 2.07. The first-order chi connectivity index (χ1) is 16.2. The molecule has 0 spiro atoms. The number of imidazole rings is 1. The maximum absolute atomic E-state index is 5.74. The number of ether oxygens (including phenoxy) is 2. The van der Waals surface area contributed by atoms with Crippen molar-refractivity contribution in [3.05, 3.63) is 77.9 Å². The van der Waals surface area contributed by atoms with Crippen LogP contribution in [0.2, 0.25) is 0 Å². The van der Waals surface area contributed by atoms with Gasteiger partial charge in [-0.3, -0.25) is 0 Å². The average Bonchev–Trinajstić information content (AvgIpc) is 3.33. The van der Waals surface area contributed by atoms with Gasteiger partial charge in [-0.15, -0.1) is 0 Å². The van der Waals surface area contributed by atoms with Gasteiger partial charge in [-0.05, 0) is 56.0 Å². The Hall–Kier alpha value is -3.48. The molecule has 0 fully saturated rings. The second-order valence-corrected chi connectivity index (χ2v) is 7.57. The Morgan fingerprint density at radius 1 is 0.939 bits per heavy atom. The minimum atomic E-state index is 0.614. The molecule has 0 unspecified atom stereocenters. The summed E-state index contributed by atoms with van der Waals surface area (Å²) in [6, 6.07) is 14.7. The molecule has 3 rings (SSSR count). The molecule has 3 aromatic rings. The number of hydrogen-bond acceptors (Lipinski definition) is 4. The van der Waals surface area contributed by atoms with Crippen molar-refractivity contribution in [2.24, 2.45) is 4.99 Å². The van der Waals surface area contributed by atoms with E-state index in [0.717, 1.165) is 43.5 Å². The molecule has 7 heteroatoms. The van der Waals surface area contributed by atoms with Gasteiger partial charge in [-0.25, -0.2) is 9.98 Å². The number of nitrogens with zero attached hydrogens (tertiary/aromatic N) is 3. The Kier molecular flexibility index (Phi) is 9.63. The van der Waals surface area contributed by atoms with E-state index in [4.69, 9.17) is 14.5 Å². The lowest BCUT2D eigenvalue weighted by atomic mass is 10.1. The molecule has 0 aliphatic heterocycles. The maximum Gasteiger partial charge on any atom is 0.191 e. The zero-order valence-electron chi connectivity index (χ0n) is 19.9. The smallest absolute Gasteiger partial charge is 0.191 e. The maximum atomic E-state index is 5.74. The van der Waals surface area contributed by atoms with Gasteiger partial charge in [0.15, 0.2) is 17.5 Å².